The fourth-order valence-electron chi connectivity index (χ4n) is 1.20. The summed E-state index contributed by atoms with van der Waals surface area (Å²) in [6, 6.07) is 7.36. The van der Waals surface area contributed by atoms with Crippen LogP contribution in [0.5, 0.6) is 0 Å². The Morgan fingerprint density at radius 2 is 2.07 bits per heavy atom. The third-order valence-electron chi connectivity index (χ3n) is 1.76. The van der Waals surface area contributed by atoms with Crippen LogP contribution in [-0.4, -0.2) is 15.3 Å². The highest BCUT2D eigenvalue weighted by atomic mass is 35.5. The second kappa shape index (κ2) is 3.59. The maximum absolute atomic E-state index is 10.7. The van der Waals surface area contributed by atoms with Crippen LogP contribution in [0.15, 0.2) is 30.6 Å². The van der Waals surface area contributed by atoms with Gasteiger partial charge in [-0.3, -0.25) is 10.1 Å². The molecule has 0 aliphatic carbocycles. The summed E-state index contributed by atoms with van der Waals surface area (Å²) in [6.07, 6.45) is 1.38. The molecule has 1 aromatic heterocycles. The number of hydrogen-bond acceptors (Lipinski definition) is 3. The van der Waals surface area contributed by atoms with E-state index in [4.69, 9.17) is 11.6 Å². The molecule has 0 spiro atoms. The zero-order chi connectivity index (χ0) is 9.97. The van der Waals surface area contributed by atoms with E-state index in [-0.39, 0.29) is 0 Å². The zero-order valence-electron chi connectivity index (χ0n) is 7.07. The number of carbonyl (C=O) groups excluding carboxylic acids is 1. The van der Waals surface area contributed by atoms with Crippen LogP contribution < -0.4 is 5.32 Å². The van der Waals surface area contributed by atoms with Crippen molar-refractivity contribution in [1.82, 2.24) is 9.97 Å². The van der Waals surface area contributed by atoms with Gasteiger partial charge in [0.05, 0.1) is 5.52 Å². The average molecular weight is 208 g/mol. The van der Waals surface area contributed by atoms with Gasteiger partial charge in [-0.15, -0.1) is 0 Å². The monoisotopic (exact) mass is 207 g/mol. The fourth-order valence-corrected chi connectivity index (χ4v) is 1.29. The van der Waals surface area contributed by atoms with Crippen LogP contribution in [0, 0.1) is 0 Å². The van der Waals surface area contributed by atoms with Crippen molar-refractivity contribution in [2.45, 2.75) is 0 Å². The lowest BCUT2D eigenvalue weighted by atomic mass is 10.2. The minimum Gasteiger partial charge on any atom is -0.296 e. The molecule has 0 aliphatic rings. The van der Waals surface area contributed by atoms with Crippen LogP contribution in [0.4, 0.5) is 10.6 Å². The van der Waals surface area contributed by atoms with E-state index in [0.717, 1.165) is 10.9 Å². The van der Waals surface area contributed by atoms with Crippen molar-refractivity contribution in [3.05, 3.63) is 30.6 Å². The van der Waals surface area contributed by atoms with E-state index in [1.807, 2.05) is 24.3 Å². The van der Waals surface area contributed by atoms with E-state index in [1.54, 1.807) is 0 Å². The molecule has 1 N–H and O–H groups in total. The lowest BCUT2D eigenvalue weighted by molar-refractivity contribution is 0.269. The summed E-state index contributed by atoms with van der Waals surface area (Å²) in [5.74, 6) is 0.426. The molecule has 0 atom stereocenters. The normalized spacial score (nSPS) is 10.1. The first kappa shape index (κ1) is 8.90. The molecule has 1 aromatic carbocycles. The first-order chi connectivity index (χ1) is 6.77. The van der Waals surface area contributed by atoms with Gasteiger partial charge in [-0.1, -0.05) is 12.1 Å². The quantitative estimate of drug-likeness (QED) is 0.577. The Hall–Kier alpha value is -1.68. The number of anilines is 1. The van der Waals surface area contributed by atoms with Gasteiger partial charge in [0.2, 0.25) is 0 Å². The van der Waals surface area contributed by atoms with Crippen molar-refractivity contribution in [2.75, 3.05) is 5.32 Å². The van der Waals surface area contributed by atoms with Crippen molar-refractivity contribution in [3.8, 4) is 0 Å². The molecule has 0 saturated carbocycles. The summed E-state index contributed by atoms with van der Waals surface area (Å²) in [5, 5.41) is 2.53. The molecule has 2 rings (SSSR count). The number of para-hydroxylation sites is 1. The average Bonchev–Trinajstić information content (AvgIpc) is 2.18. The Labute approximate surface area is 84.9 Å². The fraction of sp³-hybridized carbons (Fsp3) is 0. The third-order valence-corrected chi connectivity index (χ3v) is 1.85. The van der Waals surface area contributed by atoms with Crippen molar-refractivity contribution in [3.63, 3.8) is 0 Å². The number of nitrogens with zero attached hydrogens (tertiary/aromatic N) is 2. The van der Waals surface area contributed by atoms with Gasteiger partial charge in [0.15, 0.2) is 0 Å². The van der Waals surface area contributed by atoms with Gasteiger partial charge >= 0.3 is 5.37 Å². The predicted molar refractivity (Wildman–Crippen MR) is 54.4 cm³/mol. The molecular weight excluding hydrogens is 202 g/mol. The number of carbonyl (C=O) groups is 1. The zero-order valence-corrected chi connectivity index (χ0v) is 7.82. The Bertz CT molecular complexity index is 481. The van der Waals surface area contributed by atoms with Crippen LogP contribution in [0.1, 0.15) is 0 Å². The first-order valence-corrected chi connectivity index (χ1v) is 4.31. The van der Waals surface area contributed by atoms with Gasteiger partial charge in [0.1, 0.15) is 12.1 Å². The summed E-state index contributed by atoms with van der Waals surface area (Å²) in [6.45, 7) is 0. The van der Waals surface area contributed by atoms with Gasteiger partial charge in [-0.05, 0) is 23.7 Å². The molecule has 0 saturated heterocycles. The Kier molecular flexibility index (Phi) is 2.28. The summed E-state index contributed by atoms with van der Waals surface area (Å²) in [4.78, 5) is 18.6. The van der Waals surface area contributed by atoms with Crippen LogP contribution in [0.3, 0.4) is 0 Å². The van der Waals surface area contributed by atoms with Crippen LogP contribution in [-0.2, 0) is 0 Å². The molecule has 14 heavy (non-hydrogen) atoms. The highest BCUT2D eigenvalue weighted by Crippen LogP contribution is 2.18. The largest absolute Gasteiger partial charge is 0.319 e. The lowest BCUT2D eigenvalue weighted by Crippen LogP contribution is -2.03. The number of nitrogens with one attached hydrogen (secondary N) is 1. The van der Waals surface area contributed by atoms with E-state index < -0.39 is 5.37 Å². The summed E-state index contributed by atoms with van der Waals surface area (Å²) in [5.41, 5.74) is 0.767. The lowest BCUT2D eigenvalue weighted by Gasteiger charge is -2.02. The molecule has 0 fully saturated rings. The van der Waals surface area contributed by atoms with Gasteiger partial charge in [0, 0.05) is 5.39 Å². The maximum Gasteiger partial charge on any atom is 0.319 e. The van der Waals surface area contributed by atoms with Crippen molar-refractivity contribution < 1.29 is 4.79 Å². The smallest absolute Gasteiger partial charge is 0.296 e. The number of aromatic nitrogens is 2. The number of fused-ring (bicyclic) bond motifs is 1. The summed E-state index contributed by atoms with van der Waals surface area (Å²) >= 11 is 5.20. The number of amides is 1. The molecule has 0 unspecified atom stereocenters. The molecule has 70 valence electrons. The van der Waals surface area contributed by atoms with E-state index in [0.29, 0.717) is 5.82 Å². The van der Waals surface area contributed by atoms with Crippen LogP contribution in [0.25, 0.3) is 10.9 Å². The topological polar surface area (TPSA) is 54.9 Å². The first-order valence-electron chi connectivity index (χ1n) is 3.93. The van der Waals surface area contributed by atoms with Crippen molar-refractivity contribution in [2.24, 2.45) is 0 Å². The van der Waals surface area contributed by atoms with E-state index in [2.05, 4.69) is 15.3 Å². The Morgan fingerprint density at radius 1 is 1.29 bits per heavy atom. The minimum atomic E-state index is -0.658. The molecule has 2 aromatic rings. The second-order valence-corrected chi connectivity index (χ2v) is 2.98. The summed E-state index contributed by atoms with van der Waals surface area (Å²) < 4.78 is 0. The Morgan fingerprint density at radius 3 is 2.86 bits per heavy atom. The van der Waals surface area contributed by atoms with E-state index >= 15 is 0 Å². The maximum atomic E-state index is 10.7. The van der Waals surface area contributed by atoms with E-state index in [9.17, 15) is 4.79 Å². The summed E-state index contributed by atoms with van der Waals surface area (Å²) in [7, 11) is 0. The standard InChI is InChI=1S/C9H6ClN3O/c10-9(14)13-8-6-3-1-2-4-7(6)11-5-12-8/h1-5H,(H,11,12,13,14). The number of benzene rings is 1. The van der Waals surface area contributed by atoms with Crippen molar-refractivity contribution >= 4 is 33.7 Å². The van der Waals surface area contributed by atoms with Crippen LogP contribution in [0.2, 0.25) is 0 Å². The number of hydrogen-bond donors (Lipinski definition) is 1. The molecule has 4 nitrogen and oxygen atoms in total. The second-order valence-electron chi connectivity index (χ2n) is 2.64. The van der Waals surface area contributed by atoms with Crippen molar-refractivity contribution in [1.29, 1.82) is 0 Å². The molecule has 1 heterocycles. The Balaban J connectivity index is 2.59. The number of halogens is 1. The molecule has 0 radical (unpaired) electrons. The van der Waals surface area contributed by atoms with Crippen LogP contribution >= 0.6 is 11.6 Å². The highest BCUT2D eigenvalue weighted by Gasteiger charge is 2.04. The van der Waals surface area contributed by atoms with Gasteiger partial charge in [-0.25, -0.2) is 9.97 Å². The highest BCUT2D eigenvalue weighted by molar-refractivity contribution is 6.65. The predicted octanol–water partition coefficient (Wildman–Crippen LogP) is 2.40. The minimum absolute atomic E-state index is 0.426. The molecule has 0 bridgehead atoms. The molecule has 0 aliphatic heterocycles. The SMILES string of the molecule is O=C(Cl)Nc1ncnc2ccccc12. The van der Waals surface area contributed by atoms with Gasteiger partial charge in [0.25, 0.3) is 0 Å². The number of rotatable bonds is 1. The van der Waals surface area contributed by atoms with Gasteiger partial charge in [-0.2, -0.15) is 0 Å². The molecule has 1 amide bonds. The molecular formula is C9H6ClN3O. The third kappa shape index (κ3) is 1.65. The van der Waals surface area contributed by atoms with Gasteiger partial charge < -0.3 is 0 Å². The van der Waals surface area contributed by atoms with E-state index in [1.165, 1.54) is 6.33 Å². The molecule has 5 heteroatoms.